The van der Waals surface area contributed by atoms with Crippen LogP contribution in [0.1, 0.15) is 27.0 Å². The van der Waals surface area contributed by atoms with E-state index in [1.54, 1.807) is 0 Å². The SMILES string of the molecule is Cc1cccc(C(=O)NCc2cccc(CCl)c2)c1I. The summed E-state index contributed by atoms with van der Waals surface area (Å²) in [6.07, 6.45) is 0. The quantitative estimate of drug-likeness (QED) is 0.604. The Hall–Kier alpha value is -1.07. The number of carbonyl (C=O) groups is 1. The third-order valence-electron chi connectivity index (χ3n) is 3.04. The molecule has 0 fully saturated rings. The molecule has 4 heteroatoms. The number of carbonyl (C=O) groups excluding carboxylic acids is 1. The number of amides is 1. The number of aryl methyl sites for hydroxylation is 1. The predicted molar refractivity (Wildman–Crippen MR) is 91.1 cm³/mol. The Morgan fingerprint density at radius 1 is 1.20 bits per heavy atom. The number of hydrogen-bond acceptors (Lipinski definition) is 1. The normalized spacial score (nSPS) is 10.3. The van der Waals surface area contributed by atoms with E-state index < -0.39 is 0 Å². The van der Waals surface area contributed by atoms with Gasteiger partial charge in [0.05, 0.1) is 5.56 Å². The van der Waals surface area contributed by atoms with Crippen molar-refractivity contribution in [2.24, 2.45) is 0 Å². The van der Waals surface area contributed by atoms with E-state index in [2.05, 4.69) is 27.9 Å². The van der Waals surface area contributed by atoms with Gasteiger partial charge in [0.15, 0.2) is 0 Å². The Balaban J connectivity index is 2.06. The van der Waals surface area contributed by atoms with Crippen molar-refractivity contribution in [3.63, 3.8) is 0 Å². The van der Waals surface area contributed by atoms with Crippen molar-refractivity contribution in [2.45, 2.75) is 19.3 Å². The molecule has 2 rings (SSSR count). The lowest BCUT2D eigenvalue weighted by atomic mass is 10.1. The maximum absolute atomic E-state index is 12.2. The van der Waals surface area contributed by atoms with E-state index in [0.717, 1.165) is 25.8 Å². The first-order chi connectivity index (χ1) is 9.61. The van der Waals surface area contributed by atoms with Crippen LogP contribution in [0.15, 0.2) is 42.5 Å². The molecule has 20 heavy (non-hydrogen) atoms. The minimum absolute atomic E-state index is 0.0469. The summed E-state index contributed by atoms with van der Waals surface area (Å²) in [5.74, 6) is 0.437. The molecule has 2 aromatic rings. The molecular formula is C16H15ClINO. The van der Waals surface area contributed by atoms with Crippen molar-refractivity contribution in [3.05, 3.63) is 68.3 Å². The summed E-state index contributed by atoms with van der Waals surface area (Å²) in [5, 5.41) is 2.95. The first kappa shape index (κ1) is 15.3. The lowest BCUT2D eigenvalue weighted by molar-refractivity contribution is 0.0950. The second-order valence-corrected chi connectivity index (χ2v) is 5.92. The van der Waals surface area contributed by atoms with Gasteiger partial charge in [0.1, 0.15) is 0 Å². The molecule has 2 nitrogen and oxygen atoms in total. The topological polar surface area (TPSA) is 29.1 Å². The molecule has 0 heterocycles. The monoisotopic (exact) mass is 399 g/mol. The zero-order chi connectivity index (χ0) is 14.5. The Bertz CT molecular complexity index is 628. The van der Waals surface area contributed by atoms with Crippen LogP contribution in [0.25, 0.3) is 0 Å². The van der Waals surface area contributed by atoms with Gasteiger partial charge in [0.2, 0.25) is 0 Å². The van der Waals surface area contributed by atoms with Gasteiger partial charge in [-0.05, 0) is 52.3 Å². The summed E-state index contributed by atoms with van der Waals surface area (Å²) in [7, 11) is 0. The van der Waals surface area contributed by atoms with Crippen molar-refractivity contribution in [2.75, 3.05) is 0 Å². The fourth-order valence-corrected chi connectivity index (χ4v) is 2.69. The van der Waals surface area contributed by atoms with E-state index in [0.29, 0.717) is 12.4 Å². The highest BCUT2D eigenvalue weighted by Crippen LogP contribution is 2.16. The van der Waals surface area contributed by atoms with Crippen LogP contribution < -0.4 is 5.32 Å². The highest BCUT2D eigenvalue weighted by Gasteiger charge is 2.10. The first-order valence-electron chi connectivity index (χ1n) is 6.29. The van der Waals surface area contributed by atoms with Crippen molar-refractivity contribution in [1.29, 1.82) is 0 Å². The molecule has 104 valence electrons. The van der Waals surface area contributed by atoms with Gasteiger partial charge in [-0.15, -0.1) is 11.6 Å². The molecule has 0 bridgehead atoms. The molecule has 0 aliphatic rings. The molecule has 0 spiro atoms. The molecular weight excluding hydrogens is 385 g/mol. The van der Waals surface area contributed by atoms with Crippen molar-refractivity contribution < 1.29 is 4.79 Å². The Labute approximate surface area is 137 Å². The van der Waals surface area contributed by atoms with Crippen LogP contribution in [0.4, 0.5) is 0 Å². The van der Waals surface area contributed by atoms with E-state index in [4.69, 9.17) is 11.6 Å². The number of hydrogen-bond donors (Lipinski definition) is 1. The second kappa shape index (κ2) is 7.09. The minimum atomic E-state index is -0.0469. The van der Waals surface area contributed by atoms with E-state index >= 15 is 0 Å². The first-order valence-corrected chi connectivity index (χ1v) is 7.90. The van der Waals surface area contributed by atoms with Gasteiger partial charge in [0, 0.05) is 16.0 Å². The van der Waals surface area contributed by atoms with Crippen LogP contribution in [0.2, 0.25) is 0 Å². The van der Waals surface area contributed by atoms with Gasteiger partial charge >= 0.3 is 0 Å². The van der Waals surface area contributed by atoms with Crippen LogP contribution in [0.3, 0.4) is 0 Å². The largest absolute Gasteiger partial charge is 0.348 e. The fourth-order valence-electron chi connectivity index (χ4n) is 1.92. The van der Waals surface area contributed by atoms with Gasteiger partial charge in [-0.1, -0.05) is 36.4 Å². The third-order valence-corrected chi connectivity index (χ3v) is 4.78. The van der Waals surface area contributed by atoms with Gasteiger partial charge < -0.3 is 5.32 Å². The van der Waals surface area contributed by atoms with Gasteiger partial charge in [-0.25, -0.2) is 0 Å². The van der Waals surface area contributed by atoms with Crippen LogP contribution in [-0.4, -0.2) is 5.91 Å². The fraction of sp³-hybridized carbons (Fsp3) is 0.188. The van der Waals surface area contributed by atoms with Gasteiger partial charge in [-0.2, -0.15) is 0 Å². The molecule has 1 N–H and O–H groups in total. The van der Waals surface area contributed by atoms with Crippen molar-refractivity contribution in [1.82, 2.24) is 5.32 Å². The van der Waals surface area contributed by atoms with Crippen LogP contribution >= 0.6 is 34.2 Å². The van der Waals surface area contributed by atoms with Gasteiger partial charge in [-0.3, -0.25) is 4.79 Å². The summed E-state index contributed by atoms with van der Waals surface area (Å²) in [6.45, 7) is 2.51. The molecule has 0 aromatic heterocycles. The lowest BCUT2D eigenvalue weighted by Crippen LogP contribution is -2.23. The predicted octanol–water partition coefficient (Wildman–Crippen LogP) is 4.27. The maximum atomic E-state index is 12.2. The Morgan fingerprint density at radius 3 is 2.65 bits per heavy atom. The zero-order valence-electron chi connectivity index (χ0n) is 11.1. The molecule has 0 atom stereocenters. The molecule has 0 saturated heterocycles. The van der Waals surface area contributed by atoms with Crippen LogP contribution in [0, 0.1) is 10.5 Å². The van der Waals surface area contributed by atoms with Crippen LogP contribution in [0.5, 0.6) is 0 Å². The van der Waals surface area contributed by atoms with E-state index in [1.165, 1.54) is 0 Å². The average molecular weight is 400 g/mol. The highest BCUT2D eigenvalue weighted by atomic mass is 127. The third kappa shape index (κ3) is 3.73. The van der Waals surface area contributed by atoms with Crippen molar-refractivity contribution >= 4 is 40.1 Å². The summed E-state index contributed by atoms with van der Waals surface area (Å²) in [6, 6.07) is 13.7. The summed E-state index contributed by atoms with van der Waals surface area (Å²) in [4.78, 5) is 12.2. The number of rotatable bonds is 4. The lowest BCUT2D eigenvalue weighted by Gasteiger charge is -2.09. The molecule has 0 aliphatic heterocycles. The summed E-state index contributed by atoms with van der Waals surface area (Å²) >= 11 is 8.01. The molecule has 2 aromatic carbocycles. The molecule has 0 unspecified atom stereocenters. The average Bonchev–Trinajstić information content (AvgIpc) is 2.48. The Morgan fingerprint density at radius 2 is 1.90 bits per heavy atom. The number of benzene rings is 2. The minimum Gasteiger partial charge on any atom is -0.348 e. The molecule has 0 saturated carbocycles. The second-order valence-electron chi connectivity index (χ2n) is 4.57. The van der Waals surface area contributed by atoms with E-state index in [1.807, 2.05) is 49.4 Å². The smallest absolute Gasteiger partial charge is 0.252 e. The van der Waals surface area contributed by atoms with Gasteiger partial charge in [0.25, 0.3) is 5.91 Å². The maximum Gasteiger partial charge on any atom is 0.252 e. The zero-order valence-corrected chi connectivity index (χ0v) is 14.0. The number of halogens is 2. The van der Waals surface area contributed by atoms with E-state index in [9.17, 15) is 4.79 Å². The summed E-state index contributed by atoms with van der Waals surface area (Å²) < 4.78 is 0.997. The number of alkyl halides is 1. The molecule has 1 amide bonds. The van der Waals surface area contributed by atoms with E-state index in [-0.39, 0.29) is 5.91 Å². The molecule has 0 radical (unpaired) electrons. The highest BCUT2D eigenvalue weighted by molar-refractivity contribution is 14.1. The van der Waals surface area contributed by atoms with Crippen molar-refractivity contribution in [3.8, 4) is 0 Å². The standard InChI is InChI=1S/C16H15ClINO/c1-11-4-2-7-14(15(11)18)16(20)19-10-13-6-3-5-12(8-13)9-17/h2-8H,9-10H2,1H3,(H,19,20). The Kier molecular flexibility index (Phi) is 5.43. The summed E-state index contributed by atoms with van der Waals surface area (Å²) in [5.41, 5.74) is 3.95. The number of nitrogens with one attached hydrogen (secondary N) is 1. The molecule has 0 aliphatic carbocycles. The van der Waals surface area contributed by atoms with Crippen LogP contribution in [-0.2, 0) is 12.4 Å².